The van der Waals surface area contributed by atoms with Crippen molar-refractivity contribution < 1.29 is 9.94 Å². The fraction of sp³-hybridized carbons (Fsp3) is 0.400. The quantitative estimate of drug-likeness (QED) is 0.820. The third kappa shape index (κ3) is 2.26. The van der Waals surface area contributed by atoms with Gasteiger partial charge in [-0.3, -0.25) is 0 Å². The Kier molecular flexibility index (Phi) is 3.92. The highest BCUT2D eigenvalue weighted by Gasteiger charge is 2.10. The molecule has 3 nitrogen and oxygen atoms in total. The largest absolute Gasteiger partial charge is 0.507 e. The second-order valence-corrected chi connectivity index (χ2v) is 4.01. The minimum atomic E-state index is 0.321. The third-order valence-corrected chi connectivity index (χ3v) is 3.04. The van der Waals surface area contributed by atoms with Crippen LogP contribution in [0.2, 0.25) is 0 Å². The molecule has 0 bridgehead atoms. The lowest BCUT2D eigenvalue weighted by Crippen LogP contribution is -2.12. The second kappa shape index (κ2) is 4.77. The van der Waals surface area contributed by atoms with Gasteiger partial charge in [0.15, 0.2) is 0 Å². The Morgan fingerprint density at radius 1 is 1.50 bits per heavy atom. The van der Waals surface area contributed by atoms with Crippen molar-refractivity contribution in [2.45, 2.75) is 20.4 Å². The predicted octanol–water partition coefficient (Wildman–Crippen LogP) is 2.42. The predicted molar refractivity (Wildman–Crippen MR) is 59.1 cm³/mol. The molecule has 0 heterocycles. The number of hydroxylamine groups is 1. The van der Waals surface area contributed by atoms with Gasteiger partial charge >= 0.3 is 0 Å². The molecule has 0 atom stereocenters. The Morgan fingerprint density at radius 3 is 2.71 bits per heavy atom. The van der Waals surface area contributed by atoms with Gasteiger partial charge < -0.3 is 9.94 Å². The number of phenols is 1. The topological polar surface area (TPSA) is 41.5 Å². The Labute approximate surface area is 92.2 Å². The molecule has 0 spiro atoms. The van der Waals surface area contributed by atoms with Gasteiger partial charge in [-0.2, -0.15) is 5.48 Å². The summed E-state index contributed by atoms with van der Waals surface area (Å²) in [5.74, 6) is 0.321. The molecule has 2 N–H and O–H groups in total. The zero-order valence-electron chi connectivity index (χ0n) is 8.52. The van der Waals surface area contributed by atoms with Crippen LogP contribution in [0, 0.1) is 13.8 Å². The van der Waals surface area contributed by atoms with E-state index in [4.69, 9.17) is 4.84 Å². The van der Waals surface area contributed by atoms with Gasteiger partial charge in [-0.25, -0.2) is 0 Å². The van der Waals surface area contributed by atoms with E-state index in [2.05, 4.69) is 21.4 Å². The molecule has 0 saturated heterocycles. The summed E-state index contributed by atoms with van der Waals surface area (Å²) in [6, 6.07) is 1.99. The van der Waals surface area contributed by atoms with Crippen molar-refractivity contribution in [2.75, 3.05) is 7.11 Å². The Balaban J connectivity index is 3.09. The smallest absolute Gasteiger partial charge is 0.124 e. The van der Waals surface area contributed by atoms with E-state index in [1.807, 2.05) is 19.9 Å². The Bertz CT molecular complexity index is 339. The Hall–Kier alpha value is -0.580. The van der Waals surface area contributed by atoms with Gasteiger partial charge in [0.2, 0.25) is 0 Å². The van der Waals surface area contributed by atoms with Gasteiger partial charge in [-0.1, -0.05) is 15.9 Å². The van der Waals surface area contributed by atoms with Crippen molar-refractivity contribution in [2.24, 2.45) is 0 Å². The molecule has 0 aliphatic heterocycles. The lowest BCUT2D eigenvalue weighted by atomic mass is 10.0. The van der Waals surface area contributed by atoms with Gasteiger partial charge in [-0.05, 0) is 25.5 Å². The number of phenolic OH excluding ortho intramolecular Hbond substituents is 1. The standard InChI is InChI=1S/C10H14BrNO2/c1-6-4-9(11)7(2)10(13)8(6)5-12-14-3/h4,12-13H,5H2,1-3H3. The molecule has 1 aromatic carbocycles. The molecule has 0 saturated carbocycles. The van der Waals surface area contributed by atoms with Crippen LogP contribution in [0.15, 0.2) is 10.5 Å². The number of rotatable bonds is 3. The molecule has 0 fully saturated rings. The summed E-state index contributed by atoms with van der Waals surface area (Å²) in [6.45, 7) is 4.33. The maximum absolute atomic E-state index is 9.86. The van der Waals surface area contributed by atoms with Crippen LogP contribution in [-0.4, -0.2) is 12.2 Å². The molecule has 0 unspecified atom stereocenters. The maximum Gasteiger partial charge on any atom is 0.124 e. The minimum Gasteiger partial charge on any atom is -0.507 e. The van der Waals surface area contributed by atoms with Crippen molar-refractivity contribution in [1.29, 1.82) is 0 Å². The van der Waals surface area contributed by atoms with Crippen LogP contribution in [0.4, 0.5) is 0 Å². The number of halogens is 1. The second-order valence-electron chi connectivity index (χ2n) is 3.15. The van der Waals surface area contributed by atoms with Gasteiger partial charge in [0.05, 0.1) is 7.11 Å². The summed E-state index contributed by atoms with van der Waals surface area (Å²) >= 11 is 3.39. The lowest BCUT2D eigenvalue weighted by Gasteiger charge is -2.12. The SMILES string of the molecule is CONCc1c(C)cc(Br)c(C)c1O. The molecule has 0 radical (unpaired) electrons. The first-order chi connectivity index (χ1) is 6.57. The van der Waals surface area contributed by atoms with Crippen LogP contribution >= 0.6 is 15.9 Å². The average molecular weight is 260 g/mol. The van der Waals surface area contributed by atoms with Crippen LogP contribution in [0.25, 0.3) is 0 Å². The summed E-state index contributed by atoms with van der Waals surface area (Å²) < 4.78 is 0.925. The van der Waals surface area contributed by atoms with Crippen molar-refractivity contribution in [3.8, 4) is 5.75 Å². The van der Waals surface area contributed by atoms with Crippen molar-refractivity contribution in [3.05, 3.63) is 27.2 Å². The average Bonchev–Trinajstić information content (AvgIpc) is 2.14. The number of benzene rings is 1. The highest BCUT2D eigenvalue weighted by atomic mass is 79.9. The molecule has 0 amide bonds. The molecule has 14 heavy (non-hydrogen) atoms. The van der Waals surface area contributed by atoms with Gasteiger partial charge in [0.25, 0.3) is 0 Å². The highest BCUT2D eigenvalue weighted by molar-refractivity contribution is 9.10. The minimum absolute atomic E-state index is 0.321. The third-order valence-electron chi connectivity index (χ3n) is 2.21. The van der Waals surface area contributed by atoms with E-state index >= 15 is 0 Å². The maximum atomic E-state index is 9.86. The fourth-order valence-electron chi connectivity index (χ4n) is 1.28. The van der Waals surface area contributed by atoms with Gasteiger partial charge in [-0.15, -0.1) is 0 Å². The van der Waals surface area contributed by atoms with Crippen LogP contribution in [0.5, 0.6) is 5.75 Å². The summed E-state index contributed by atoms with van der Waals surface area (Å²) in [7, 11) is 1.55. The first-order valence-corrected chi connectivity index (χ1v) is 5.10. The van der Waals surface area contributed by atoms with Gasteiger partial charge in [0, 0.05) is 22.1 Å². The Morgan fingerprint density at radius 2 is 2.14 bits per heavy atom. The van der Waals surface area contributed by atoms with E-state index in [-0.39, 0.29) is 0 Å². The molecular formula is C10H14BrNO2. The van der Waals surface area contributed by atoms with Crippen molar-refractivity contribution in [1.82, 2.24) is 5.48 Å². The summed E-state index contributed by atoms with van der Waals surface area (Å²) in [4.78, 5) is 4.75. The highest BCUT2D eigenvalue weighted by Crippen LogP contribution is 2.31. The normalized spacial score (nSPS) is 10.6. The monoisotopic (exact) mass is 259 g/mol. The van der Waals surface area contributed by atoms with E-state index in [9.17, 15) is 5.11 Å². The molecule has 0 aliphatic rings. The molecule has 1 aromatic rings. The number of aryl methyl sites for hydroxylation is 1. The van der Waals surface area contributed by atoms with Crippen LogP contribution in [0.3, 0.4) is 0 Å². The van der Waals surface area contributed by atoms with Crippen molar-refractivity contribution in [3.63, 3.8) is 0 Å². The van der Waals surface area contributed by atoms with Crippen LogP contribution < -0.4 is 5.48 Å². The number of aromatic hydroxyl groups is 1. The molecular weight excluding hydrogens is 246 g/mol. The zero-order chi connectivity index (χ0) is 10.7. The first-order valence-electron chi connectivity index (χ1n) is 4.31. The molecule has 78 valence electrons. The first kappa shape index (κ1) is 11.5. The van der Waals surface area contributed by atoms with Crippen molar-refractivity contribution >= 4 is 15.9 Å². The van der Waals surface area contributed by atoms with E-state index < -0.39 is 0 Å². The fourth-order valence-corrected chi connectivity index (χ4v) is 1.81. The van der Waals surface area contributed by atoms with Crippen LogP contribution in [-0.2, 0) is 11.4 Å². The summed E-state index contributed by atoms with van der Waals surface area (Å²) in [5.41, 5.74) is 5.47. The molecule has 0 aromatic heterocycles. The van der Waals surface area contributed by atoms with Crippen LogP contribution in [0.1, 0.15) is 16.7 Å². The van der Waals surface area contributed by atoms with E-state index in [0.29, 0.717) is 12.3 Å². The van der Waals surface area contributed by atoms with E-state index in [1.165, 1.54) is 0 Å². The molecule has 4 heteroatoms. The van der Waals surface area contributed by atoms with E-state index in [0.717, 1.165) is 21.2 Å². The lowest BCUT2D eigenvalue weighted by molar-refractivity contribution is 0.0860. The molecule has 1 rings (SSSR count). The zero-order valence-corrected chi connectivity index (χ0v) is 10.1. The molecule has 0 aliphatic carbocycles. The van der Waals surface area contributed by atoms with Gasteiger partial charge in [0.1, 0.15) is 5.75 Å². The van der Waals surface area contributed by atoms with E-state index in [1.54, 1.807) is 7.11 Å². The summed E-state index contributed by atoms with van der Waals surface area (Å²) in [5, 5.41) is 9.86. The number of hydrogen-bond donors (Lipinski definition) is 2. The summed E-state index contributed by atoms with van der Waals surface area (Å²) in [6.07, 6.45) is 0. The number of nitrogens with one attached hydrogen (secondary N) is 1. The number of hydrogen-bond acceptors (Lipinski definition) is 3.